The lowest BCUT2D eigenvalue weighted by Crippen LogP contribution is -1.99. The summed E-state index contributed by atoms with van der Waals surface area (Å²) in [7, 11) is 0. The van der Waals surface area contributed by atoms with Crippen LogP contribution < -0.4 is 0 Å². The molecule has 0 spiro atoms. The van der Waals surface area contributed by atoms with Gasteiger partial charge in [-0.3, -0.25) is 0 Å². The van der Waals surface area contributed by atoms with Gasteiger partial charge in [0.2, 0.25) is 0 Å². The summed E-state index contributed by atoms with van der Waals surface area (Å²) in [5.74, 6) is 1.35. The standard InChI is InChI=1S/C50H32N4S/c1-5-16-33(17-6-1)43-31-45(53-49(51-43)35-20-9-3-10-21-35)37-28-29-38(40-25-15-26-41-39-24-13-14-27-47(39)55-48(40)41)42(30-37)46-32-44(34-18-7-2-8-19-34)52-50(54-46)36-22-11-4-12-23-36/h1-32H. The van der Waals surface area contributed by atoms with Crippen LogP contribution in [0.5, 0.6) is 0 Å². The van der Waals surface area contributed by atoms with Gasteiger partial charge in [-0.1, -0.05) is 170 Å². The quantitative estimate of drug-likeness (QED) is 0.164. The highest BCUT2D eigenvalue weighted by molar-refractivity contribution is 7.26. The van der Waals surface area contributed by atoms with Gasteiger partial charge in [0.05, 0.1) is 22.8 Å². The van der Waals surface area contributed by atoms with E-state index in [0.717, 1.165) is 61.7 Å². The number of aromatic nitrogens is 4. The van der Waals surface area contributed by atoms with E-state index in [9.17, 15) is 0 Å². The van der Waals surface area contributed by atoms with Crippen LogP contribution in [0.15, 0.2) is 194 Å². The highest BCUT2D eigenvalue weighted by Crippen LogP contribution is 2.44. The Kier molecular flexibility index (Phi) is 8.32. The second-order valence-electron chi connectivity index (χ2n) is 13.4. The third-order valence-electron chi connectivity index (χ3n) is 9.94. The van der Waals surface area contributed by atoms with E-state index in [1.54, 1.807) is 0 Å². The van der Waals surface area contributed by atoms with Gasteiger partial charge in [0.1, 0.15) is 0 Å². The lowest BCUT2D eigenvalue weighted by molar-refractivity contribution is 1.18. The minimum Gasteiger partial charge on any atom is -0.228 e. The van der Waals surface area contributed by atoms with Crippen LogP contribution in [0.4, 0.5) is 0 Å². The minimum absolute atomic E-state index is 0.674. The largest absolute Gasteiger partial charge is 0.228 e. The van der Waals surface area contributed by atoms with Crippen LogP contribution in [-0.4, -0.2) is 19.9 Å². The molecule has 3 heterocycles. The molecule has 0 radical (unpaired) electrons. The van der Waals surface area contributed by atoms with Crippen molar-refractivity contribution in [2.75, 3.05) is 0 Å². The van der Waals surface area contributed by atoms with E-state index in [-0.39, 0.29) is 0 Å². The zero-order valence-electron chi connectivity index (χ0n) is 29.7. The van der Waals surface area contributed by atoms with Crippen LogP contribution in [0.25, 0.3) is 99.1 Å². The maximum atomic E-state index is 5.33. The summed E-state index contributed by atoms with van der Waals surface area (Å²) in [6.07, 6.45) is 0. The molecule has 3 aromatic heterocycles. The predicted molar refractivity (Wildman–Crippen MR) is 229 cm³/mol. The molecule has 4 nitrogen and oxygen atoms in total. The van der Waals surface area contributed by atoms with Crippen LogP contribution in [0.2, 0.25) is 0 Å². The molecule has 0 bridgehead atoms. The Balaban J connectivity index is 1.25. The van der Waals surface area contributed by atoms with Crippen LogP contribution >= 0.6 is 11.3 Å². The molecular weight excluding hydrogens is 689 g/mol. The Hall–Kier alpha value is -7.08. The summed E-state index contributed by atoms with van der Waals surface area (Å²) < 4.78 is 2.52. The van der Waals surface area contributed by atoms with E-state index in [1.165, 1.54) is 25.7 Å². The lowest BCUT2D eigenvalue weighted by Gasteiger charge is -2.16. The molecule has 0 aliphatic carbocycles. The van der Waals surface area contributed by atoms with Crippen molar-refractivity contribution in [3.8, 4) is 78.9 Å². The summed E-state index contributed by atoms with van der Waals surface area (Å²) in [4.78, 5) is 20.7. The van der Waals surface area contributed by atoms with Crippen molar-refractivity contribution in [2.45, 2.75) is 0 Å². The van der Waals surface area contributed by atoms with Gasteiger partial charge in [0.25, 0.3) is 0 Å². The van der Waals surface area contributed by atoms with Gasteiger partial charge in [-0.15, -0.1) is 11.3 Å². The number of hydrogen-bond donors (Lipinski definition) is 0. The van der Waals surface area contributed by atoms with Gasteiger partial charge in [-0.2, -0.15) is 0 Å². The van der Waals surface area contributed by atoms with Gasteiger partial charge in [0.15, 0.2) is 11.6 Å². The molecule has 0 saturated heterocycles. The first-order valence-corrected chi connectivity index (χ1v) is 19.1. The highest BCUT2D eigenvalue weighted by Gasteiger charge is 2.20. The second kappa shape index (κ2) is 14.0. The Bertz CT molecular complexity index is 2850. The third-order valence-corrected chi connectivity index (χ3v) is 11.2. The number of rotatable bonds is 7. The number of thiophene rings is 1. The molecule has 10 rings (SSSR count). The van der Waals surface area contributed by atoms with Gasteiger partial charge >= 0.3 is 0 Å². The fourth-order valence-corrected chi connectivity index (χ4v) is 8.47. The molecule has 0 saturated carbocycles. The van der Waals surface area contributed by atoms with Gasteiger partial charge in [-0.05, 0) is 29.8 Å². The number of fused-ring (bicyclic) bond motifs is 3. The fourth-order valence-electron chi connectivity index (χ4n) is 7.24. The van der Waals surface area contributed by atoms with Crippen molar-refractivity contribution >= 4 is 31.5 Å². The topological polar surface area (TPSA) is 51.6 Å². The number of nitrogens with zero attached hydrogens (tertiary/aromatic N) is 4. The molecule has 55 heavy (non-hydrogen) atoms. The lowest BCUT2D eigenvalue weighted by atomic mass is 9.92. The first-order valence-electron chi connectivity index (χ1n) is 18.3. The van der Waals surface area contributed by atoms with Gasteiger partial charge in [-0.25, -0.2) is 19.9 Å². The van der Waals surface area contributed by atoms with Gasteiger partial charge in [0, 0.05) is 59.1 Å². The maximum Gasteiger partial charge on any atom is 0.160 e. The SMILES string of the molecule is c1ccc(-c2cc(-c3ccc(-c4cccc5c4sc4ccccc45)c(-c4cc(-c5ccccc5)nc(-c5ccccc5)n4)c3)nc(-c3ccccc3)n2)cc1. The monoisotopic (exact) mass is 720 g/mol. The van der Waals surface area contributed by atoms with E-state index >= 15 is 0 Å². The summed E-state index contributed by atoms with van der Waals surface area (Å²) in [6, 6.07) is 67.3. The maximum absolute atomic E-state index is 5.33. The average molecular weight is 721 g/mol. The zero-order chi connectivity index (χ0) is 36.6. The molecule has 0 unspecified atom stereocenters. The molecule has 10 aromatic rings. The van der Waals surface area contributed by atoms with Crippen molar-refractivity contribution in [1.29, 1.82) is 0 Å². The normalized spacial score (nSPS) is 11.3. The van der Waals surface area contributed by atoms with E-state index in [2.05, 4.69) is 133 Å². The average Bonchev–Trinajstić information content (AvgIpc) is 3.66. The first-order chi connectivity index (χ1) is 27.2. The van der Waals surface area contributed by atoms with Crippen LogP contribution in [-0.2, 0) is 0 Å². The van der Waals surface area contributed by atoms with Crippen molar-refractivity contribution in [2.24, 2.45) is 0 Å². The number of benzene rings is 7. The zero-order valence-corrected chi connectivity index (χ0v) is 30.5. The van der Waals surface area contributed by atoms with E-state index < -0.39 is 0 Å². The first kappa shape index (κ1) is 32.6. The molecular formula is C50H32N4S. The molecule has 258 valence electrons. The van der Waals surface area contributed by atoms with Crippen molar-refractivity contribution < 1.29 is 0 Å². The van der Waals surface area contributed by atoms with E-state index in [0.29, 0.717) is 11.6 Å². The van der Waals surface area contributed by atoms with E-state index in [4.69, 9.17) is 19.9 Å². The summed E-state index contributed by atoms with van der Waals surface area (Å²) in [6.45, 7) is 0. The molecule has 0 N–H and O–H groups in total. The molecule has 0 atom stereocenters. The molecule has 0 aliphatic heterocycles. The summed E-state index contributed by atoms with van der Waals surface area (Å²) >= 11 is 1.83. The Morgan fingerprint density at radius 1 is 0.291 bits per heavy atom. The summed E-state index contributed by atoms with van der Waals surface area (Å²) in [5.41, 5.74) is 11.6. The summed E-state index contributed by atoms with van der Waals surface area (Å²) in [5, 5.41) is 2.52. The van der Waals surface area contributed by atoms with Crippen LogP contribution in [0.1, 0.15) is 0 Å². The van der Waals surface area contributed by atoms with Crippen molar-refractivity contribution in [3.63, 3.8) is 0 Å². The van der Waals surface area contributed by atoms with Crippen molar-refractivity contribution in [1.82, 2.24) is 19.9 Å². The van der Waals surface area contributed by atoms with E-state index in [1.807, 2.05) is 72.0 Å². The second-order valence-corrected chi connectivity index (χ2v) is 14.5. The molecule has 0 aliphatic rings. The molecule has 5 heteroatoms. The molecule has 0 fully saturated rings. The number of hydrogen-bond acceptors (Lipinski definition) is 5. The molecule has 0 amide bonds. The third kappa shape index (κ3) is 6.27. The predicted octanol–water partition coefficient (Wildman–Crippen LogP) is 13.3. The molecule has 7 aromatic carbocycles. The smallest absolute Gasteiger partial charge is 0.160 e. The Labute approximate surface area is 323 Å². The highest BCUT2D eigenvalue weighted by atomic mass is 32.1. The van der Waals surface area contributed by atoms with Crippen LogP contribution in [0, 0.1) is 0 Å². The van der Waals surface area contributed by atoms with Crippen LogP contribution in [0.3, 0.4) is 0 Å². The van der Waals surface area contributed by atoms with Crippen molar-refractivity contribution in [3.05, 3.63) is 194 Å². The minimum atomic E-state index is 0.674. The van der Waals surface area contributed by atoms with Gasteiger partial charge < -0.3 is 0 Å². The fraction of sp³-hybridized carbons (Fsp3) is 0. The Morgan fingerprint density at radius 2 is 0.764 bits per heavy atom. The Morgan fingerprint density at radius 3 is 1.36 bits per heavy atom.